The molecule has 0 unspecified atom stereocenters. The van der Waals surface area contributed by atoms with Crippen molar-refractivity contribution in [1.29, 1.82) is 5.26 Å². The molecule has 0 fully saturated rings. The summed E-state index contributed by atoms with van der Waals surface area (Å²) in [5.74, 6) is 0.722. The lowest BCUT2D eigenvalue weighted by Gasteiger charge is -2.09. The van der Waals surface area contributed by atoms with Gasteiger partial charge in [0.25, 0.3) is 0 Å². The zero-order valence-corrected chi connectivity index (χ0v) is 10.3. The van der Waals surface area contributed by atoms with Gasteiger partial charge < -0.3 is 4.98 Å². The lowest BCUT2D eigenvalue weighted by atomic mass is 9.97. The molecule has 0 radical (unpaired) electrons. The van der Waals surface area contributed by atoms with E-state index in [0.717, 1.165) is 17.1 Å². The van der Waals surface area contributed by atoms with E-state index in [1.165, 1.54) is 16.7 Å². The molecule has 1 heterocycles. The minimum atomic E-state index is 0.323. The van der Waals surface area contributed by atoms with Gasteiger partial charge in [-0.15, -0.1) is 0 Å². The second-order valence-electron chi connectivity index (χ2n) is 4.26. The van der Waals surface area contributed by atoms with Gasteiger partial charge in [-0.2, -0.15) is 5.26 Å². The highest BCUT2D eigenvalue weighted by Crippen LogP contribution is 2.25. The molecule has 1 aromatic heterocycles. The SMILES string of the molecule is Cc1ccc(-c2cnc(CC#N)[nH]2)c(C)c1C. The number of nitrogens with one attached hydrogen (secondary N) is 1. The molecule has 0 aliphatic rings. The minimum absolute atomic E-state index is 0.323. The lowest BCUT2D eigenvalue weighted by molar-refractivity contribution is 1.06. The van der Waals surface area contributed by atoms with Crippen LogP contribution in [0.1, 0.15) is 22.5 Å². The summed E-state index contributed by atoms with van der Waals surface area (Å²) in [5, 5.41) is 8.62. The van der Waals surface area contributed by atoms with Crippen LogP contribution in [0, 0.1) is 32.1 Å². The summed E-state index contributed by atoms with van der Waals surface area (Å²) < 4.78 is 0. The molecule has 17 heavy (non-hydrogen) atoms. The van der Waals surface area contributed by atoms with Gasteiger partial charge in [0.2, 0.25) is 0 Å². The monoisotopic (exact) mass is 225 g/mol. The maximum absolute atomic E-state index is 8.62. The Hall–Kier alpha value is -2.08. The molecule has 0 spiro atoms. The Bertz CT molecular complexity index is 588. The van der Waals surface area contributed by atoms with Crippen LogP contribution >= 0.6 is 0 Å². The molecule has 0 saturated carbocycles. The molecule has 0 amide bonds. The average Bonchev–Trinajstić information content (AvgIpc) is 2.75. The number of rotatable bonds is 2. The molecule has 0 bridgehead atoms. The average molecular weight is 225 g/mol. The van der Waals surface area contributed by atoms with Crippen LogP contribution in [0.2, 0.25) is 0 Å². The van der Waals surface area contributed by atoms with Crippen LogP contribution in [-0.4, -0.2) is 9.97 Å². The van der Waals surface area contributed by atoms with Gasteiger partial charge in [-0.3, -0.25) is 0 Å². The van der Waals surface area contributed by atoms with E-state index in [4.69, 9.17) is 5.26 Å². The fraction of sp³-hybridized carbons (Fsp3) is 0.286. The maximum Gasteiger partial charge on any atom is 0.120 e. The number of benzene rings is 1. The molecular weight excluding hydrogens is 210 g/mol. The molecule has 0 atom stereocenters. The van der Waals surface area contributed by atoms with Crippen LogP contribution < -0.4 is 0 Å². The Balaban J connectivity index is 2.46. The number of aromatic amines is 1. The molecule has 86 valence electrons. The minimum Gasteiger partial charge on any atom is -0.341 e. The number of nitriles is 1. The molecule has 0 aliphatic heterocycles. The molecule has 2 rings (SSSR count). The number of aryl methyl sites for hydroxylation is 1. The summed E-state index contributed by atoms with van der Waals surface area (Å²) in [4.78, 5) is 7.38. The summed E-state index contributed by atoms with van der Waals surface area (Å²) in [5.41, 5.74) is 6.00. The van der Waals surface area contributed by atoms with Crippen molar-refractivity contribution in [2.24, 2.45) is 0 Å². The van der Waals surface area contributed by atoms with E-state index < -0.39 is 0 Å². The zero-order chi connectivity index (χ0) is 12.4. The highest BCUT2D eigenvalue weighted by molar-refractivity contribution is 5.65. The first-order valence-electron chi connectivity index (χ1n) is 5.61. The molecule has 3 nitrogen and oxygen atoms in total. The third-order valence-corrected chi connectivity index (χ3v) is 3.22. The predicted molar refractivity (Wildman–Crippen MR) is 67.6 cm³/mol. The van der Waals surface area contributed by atoms with Gasteiger partial charge in [-0.05, 0) is 37.5 Å². The number of hydrogen-bond acceptors (Lipinski definition) is 2. The first kappa shape index (κ1) is 11.4. The van der Waals surface area contributed by atoms with Crippen LogP contribution in [0.3, 0.4) is 0 Å². The summed E-state index contributed by atoms with van der Waals surface area (Å²) in [6.07, 6.45) is 2.12. The molecule has 0 saturated heterocycles. The van der Waals surface area contributed by atoms with E-state index in [0.29, 0.717) is 6.42 Å². The molecule has 0 aliphatic carbocycles. The lowest BCUT2D eigenvalue weighted by Crippen LogP contribution is -1.91. The van der Waals surface area contributed by atoms with Gasteiger partial charge in [0.15, 0.2) is 0 Å². The van der Waals surface area contributed by atoms with Crippen LogP contribution in [0.15, 0.2) is 18.3 Å². The predicted octanol–water partition coefficient (Wildman–Crippen LogP) is 3.07. The number of H-pyrrole nitrogens is 1. The van der Waals surface area contributed by atoms with E-state index in [9.17, 15) is 0 Å². The van der Waals surface area contributed by atoms with E-state index in [1.54, 1.807) is 6.20 Å². The van der Waals surface area contributed by atoms with Crippen LogP contribution in [0.25, 0.3) is 11.3 Å². The van der Waals surface area contributed by atoms with Crippen LogP contribution in [0.4, 0.5) is 0 Å². The van der Waals surface area contributed by atoms with E-state index in [1.807, 2.05) is 0 Å². The standard InChI is InChI=1S/C14H15N3/c1-9-4-5-12(11(3)10(9)2)13-8-16-14(17-13)6-7-15/h4-5,8H,6H2,1-3H3,(H,16,17). The van der Waals surface area contributed by atoms with Crippen molar-refractivity contribution in [1.82, 2.24) is 9.97 Å². The second-order valence-corrected chi connectivity index (χ2v) is 4.26. The van der Waals surface area contributed by atoms with Crippen molar-refractivity contribution in [3.8, 4) is 17.3 Å². The van der Waals surface area contributed by atoms with Gasteiger partial charge in [0, 0.05) is 5.56 Å². The van der Waals surface area contributed by atoms with E-state index >= 15 is 0 Å². The number of aromatic nitrogens is 2. The quantitative estimate of drug-likeness (QED) is 0.853. The van der Waals surface area contributed by atoms with E-state index in [2.05, 4.69) is 48.9 Å². The van der Waals surface area contributed by atoms with Crippen molar-refractivity contribution in [2.75, 3.05) is 0 Å². The third kappa shape index (κ3) is 2.07. The van der Waals surface area contributed by atoms with Gasteiger partial charge in [0.1, 0.15) is 5.82 Å². The number of hydrogen-bond donors (Lipinski definition) is 1. The van der Waals surface area contributed by atoms with Gasteiger partial charge >= 0.3 is 0 Å². The normalized spacial score (nSPS) is 10.2. The summed E-state index contributed by atoms with van der Waals surface area (Å²) in [6, 6.07) is 6.30. The Morgan fingerprint density at radius 3 is 2.71 bits per heavy atom. The molecular formula is C14H15N3. The maximum atomic E-state index is 8.62. The Kier molecular flexibility index (Phi) is 2.97. The van der Waals surface area contributed by atoms with Crippen molar-refractivity contribution < 1.29 is 0 Å². The molecule has 3 heteroatoms. The topological polar surface area (TPSA) is 52.5 Å². The summed E-state index contributed by atoms with van der Waals surface area (Å²) in [7, 11) is 0. The van der Waals surface area contributed by atoms with Crippen molar-refractivity contribution in [3.05, 3.63) is 40.8 Å². The van der Waals surface area contributed by atoms with Gasteiger partial charge in [-0.1, -0.05) is 12.1 Å². The second kappa shape index (κ2) is 4.42. The van der Waals surface area contributed by atoms with E-state index in [-0.39, 0.29) is 0 Å². The van der Waals surface area contributed by atoms with Crippen molar-refractivity contribution in [3.63, 3.8) is 0 Å². The van der Waals surface area contributed by atoms with Gasteiger partial charge in [-0.25, -0.2) is 4.98 Å². The summed E-state index contributed by atoms with van der Waals surface area (Å²) >= 11 is 0. The molecule has 2 aromatic rings. The Labute approximate surface area is 101 Å². The van der Waals surface area contributed by atoms with Crippen LogP contribution in [-0.2, 0) is 6.42 Å². The van der Waals surface area contributed by atoms with Gasteiger partial charge in [0.05, 0.1) is 24.4 Å². The Morgan fingerprint density at radius 1 is 1.24 bits per heavy atom. The van der Waals surface area contributed by atoms with Crippen molar-refractivity contribution >= 4 is 0 Å². The number of nitrogens with zero attached hydrogens (tertiary/aromatic N) is 2. The smallest absolute Gasteiger partial charge is 0.120 e. The first-order chi connectivity index (χ1) is 8.13. The fourth-order valence-corrected chi connectivity index (χ4v) is 1.91. The largest absolute Gasteiger partial charge is 0.341 e. The molecule has 1 N–H and O–H groups in total. The summed E-state index contributed by atoms with van der Waals surface area (Å²) in [6.45, 7) is 6.35. The fourth-order valence-electron chi connectivity index (χ4n) is 1.91. The van der Waals surface area contributed by atoms with Crippen molar-refractivity contribution in [2.45, 2.75) is 27.2 Å². The first-order valence-corrected chi connectivity index (χ1v) is 5.61. The highest BCUT2D eigenvalue weighted by atomic mass is 14.9. The highest BCUT2D eigenvalue weighted by Gasteiger charge is 2.08. The number of imidazole rings is 1. The van der Waals surface area contributed by atoms with Crippen LogP contribution in [0.5, 0.6) is 0 Å². The Morgan fingerprint density at radius 2 is 2.00 bits per heavy atom. The zero-order valence-electron chi connectivity index (χ0n) is 10.3. The molecule has 1 aromatic carbocycles. The third-order valence-electron chi connectivity index (χ3n) is 3.22.